The summed E-state index contributed by atoms with van der Waals surface area (Å²) >= 11 is 0. The van der Waals surface area contributed by atoms with Crippen LogP contribution in [0.2, 0.25) is 0 Å². The van der Waals surface area contributed by atoms with Crippen molar-refractivity contribution in [3.05, 3.63) is 90.0 Å². The number of nitrogens with one attached hydrogen (secondary N) is 1. The highest BCUT2D eigenvalue weighted by Crippen LogP contribution is 2.30. The van der Waals surface area contributed by atoms with Crippen molar-refractivity contribution in [3.8, 4) is 16.9 Å². The first-order chi connectivity index (χ1) is 16.2. The maximum Gasteiger partial charge on any atom is 0.408 e. The lowest BCUT2D eigenvalue weighted by Gasteiger charge is -2.22. The molecule has 3 aromatic carbocycles. The zero-order chi connectivity index (χ0) is 24.6. The van der Waals surface area contributed by atoms with Crippen molar-refractivity contribution in [2.24, 2.45) is 0 Å². The van der Waals surface area contributed by atoms with Crippen molar-refractivity contribution < 1.29 is 23.8 Å². The number of hydrogen-bond donors (Lipinski definition) is 1. The number of esters is 1. The molecule has 1 atom stereocenters. The van der Waals surface area contributed by atoms with Gasteiger partial charge in [0.2, 0.25) is 0 Å². The molecule has 0 saturated heterocycles. The third kappa shape index (κ3) is 7.37. The van der Waals surface area contributed by atoms with Crippen molar-refractivity contribution >= 4 is 12.1 Å². The quantitative estimate of drug-likeness (QED) is 0.446. The number of rotatable bonds is 8. The first-order valence-electron chi connectivity index (χ1n) is 11.2. The van der Waals surface area contributed by atoms with Crippen molar-refractivity contribution in [1.82, 2.24) is 5.32 Å². The molecule has 0 unspecified atom stereocenters. The maximum absolute atomic E-state index is 12.2. The van der Waals surface area contributed by atoms with E-state index in [2.05, 4.69) is 5.32 Å². The van der Waals surface area contributed by atoms with E-state index in [9.17, 15) is 9.59 Å². The van der Waals surface area contributed by atoms with Gasteiger partial charge in [0.05, 0.1) is 7.11 Å². The summed E-state index contributed by atoms with van der Waals surface area (Å²) in [5, 5.41) is 2.60. The Kier molecular flexibility index (Phi) is 8.30. The zero-order valence-electron chi connectivity index (χ0n) is 20.0. The molecular formula is C28H31NO5. The summed E-state index contributed by atoms with van der Waals surface area (Å²) in [6, 6.07) is 24.8. The molecular weight excluding hydrogens is 430 g/mol. The van der Waals surface area contributed by atoms with Crippen LogP contribution in [0.3, 0.4) is 0 Å². The predicted octanol–water partition coefficient (Wildman–Crippen LogP) is 5.54. The number of amides is 1. The van der Waals surface area contributed by atoms with Gasteiger partial charge in [-0.15, -0.1) is 0 Å². The van der Waals surface area contributed by atoms with Gasteiger partial charge in [-0.25, -0.2) is 9.59 Å². The molecule has 1 N–H and O–H groups in total. The minimum Gasteiger partial charge on any atom is -0.488 e. The highest BCUT2D eigenvalue weighted by Gasteiger charge is 2.25. The monoisotopic (exact) mass is 461 g/mol. The summed E-state index contributed by atoms with van der Waals surface area (Å²) in [5.74, 6) is 0.257. The summed E-state index contributed by atoms with van der Waals surface area (Å²) in [6.07, 6.45) is -0.387. The molecule has 178 valence electrons. The Bertz CT molecular complexity index is 1090. The van der Waals surface area contributed by atoms with E-state index < -0.39 is 23.7 Å². The number of benzene rings is 3. The fourth-order valence-corrected chi connectivity index (χ4v) is 3.41. The molecule has 0 aliphatic heterocycles. The fraction of sp³-hybridized carbons (Fsp3) is 0.286. The normalized spacial score (nSPS) is 11.9. The lowest BCUT2D eigenvalue weighted by Crippen LogP contribution is -2.45. The Morgan fingerprint density at radius 2 is 1.50 bits per heavy atom. The maximum atomic E-state index is 12.2. The second-order valence-electron chi connectivity index (χ2n) is 8.89. The van der Waals surface area contributed by atoms with Crippen LogP contribution in [-0.4, -0.2) is 30.8 Å². The van der Waals surface area contributed by atoms with E-state index >= 15 is 0 Å². The summed E-state index contributed by atoms with van der Waals surface area (Å²) in [4.78, 5) is 24.4. The van der Waals surface area contributed by atoms with Crippen molar-refractivity contribution in [1.29, 1.82) is 0 Å². The number of carbonyl (C=O) groups is 2. The Morgan fingerprint density at radius 1 is 0.853 bits per heavy atom. The van der Waals surface area contributed by atoms with Crippen LogP contribution in [-0.2, 0) is 27.3 Å². The molecule has 3 rings (SSSR count). The van der Waals surface area contributed by atoms with E-state index in [1.165, 1.54) is 7.11 Å². The van der Waals surface area contributed by atoms with Crippen molar-refractivity contribution in [2.45, 2.75) is 45.4 Å². The first-order valence-corrected chi connectivity index (χ1v) is 11.2. The molecule has 0 aliphatic carbocycles. The number of hydrogen-bond acceptors (Lipinski definition) is 5. The summed E-state index contributed by atoms with van der Waals surface area (Å²) in [7, 11) is 1.29. The van der Waals surface area contributed by atoms with Crippen LogP contribution in [0.15, 0.2) is 78.9 Å². The third-order valence-corrected chi connectivity index (χ3v) is 5.01. The van der Waals surface area contributed by atoms with Crippen molar-refractivity contribution in [2.75, 3.05) is 7.11 Å². The van der Waals surface area contributed by atoms with Crippen LogP contribution in [0.25, 0.3) is 11.1 Å². The van der Waals surface area contributed by atoms with Gasteiger partial charge in [0.25, 0.3) is 0 Å². The van der Waals surface area contributed by atoms with E-state index in [1.807, 2.05) is 78.9 Å². The second kappa shape index (κ2) is 11.4. The number of carbonyl (C=O) groups excluding carboxylic acids is 2. The summed E-state index contributed by atoms with van der Waals surface area (Å²) in [5.41, 5.74) is 3.27. The largest absolute Gasteiger partial charge is 0.488 e. The number of alkyl carbamates (subject to hydrolysis) is 1. The molecule has 0 bridgehead atoms. The minimum atomic E-state index is -0.854. The number of ether oxygens (including phenoxy) is 3. The van der Waals surface area contributed by atoms with Gasteiger partial charge in [0.15, 0.2) is 0 Å². The fourth-order valence-electron chi connectivity index (χ4n) is 3.41. The average Bonchev–Trinajstić information content (AvgIpc) is 2.82. The summed E-state index contributed by atoms with van der Waals surface area (Å²) < 4.78 is 16.2. The van der Waals surface area contributed by atoms with E-state index in [1.54, 1.807) is 20.8 Å². The SMILES string of the molecule is COC(=O)[C@H](Cc1ccc(-c2ccccc2OCc2ccccc2)cc1)NC(=O)OC(C)(C)C. The van der Waals surface area contributed by atoms with E-state index in [0.29, 0.717) is 6.61 Å². The van der Waals surface area contributed by atoms with Crippen LogP contribution >= 0.6 is 0 Å². The van der Waals surface area contributed by atoms with Crippen molar-refractivity contribution in [3.63, 3.8) is 0 Å². The van der Waals surface area contributed by atoms with E-state index in [-0.39, 0.29) is 6.42 Å². The van der Waals surface area contributed by atoms with E-state index in [4.69, 9.17) is 14.2 Å². The molecule has 0 radical (unpaired) electrons. The van der Waals surface area contributed by atoms with Gasteiger partial charge in [-0.3, -0.25) is 0 Å². The van der Waals surface area contributed by atoms with Gasteiger partial charge in [-0.05, 0) is 43.5 Å². The minimum absolute atomic E-state index is 0.276. The molecule has 0 aliphatic rings. The molecule has 0 fully saturated rings. The first kappa shape index (κ1) is 24.8. The van der Waals surface area contributed by atoms with Crippen LogP contribution in [0, 0.1) is 0 Å². The molecule has 6 heteroatoms. The van der Waals surface area contributed by atoms with Gasteiger partial charge < -0.3 is 19.5 Å². The predicted molar refractivity (Wildman–Crippen MR) is 132 cm³/mol. The molecule has 0 aromatic heterocycles. The Hall–Kier alpha value is -3.80. The zero-order valence-corrected chi connectivity index (χ0v) is 20.0. The summed E-state index contributed by atoms with van der Waals surface area (Å²) in [6.45, 7) is 5.77. The van der Waals surface area contributed by atoms with Crippen LogP contribution in [0.4, 0.5) is 4.79 Å². The third-order valence-electron chi connectivity index (χ3n) is 5.01. The molecule has 3 aromatic rings. The molecule has 1 amide bonds. The van der Waals surface area contributed by atoms with Gasteiger partial charge >= 0.3 is 12.1 Å². The molecule has 0 heterocycles. The Balaban J connectivity index is 1.71. The Labute approximate surface area is 200 Å². The molecule has 6 nitrogen and oxygen atoms in total. The number of para-hydroxylation sites is 1. The number of methoxy groups -OCH3 is 1. The van der Waals surface area contributed by atoms with Gasteiger partial charge in [-0.2, -0.15) is 0 Å². The topological polar surface area (TPSA) is 73.9 Å². The molecule has 34 heavy (non-hydrogen) atoms. The van der Waals surface area contributed by atoms with Gasteiger partial charge in [-0.1, -0.05) is 72.8 Å². The van der Waals surface area contributed by atoms with Crippen LogP contribution < -0.4 is 10.1 Å². The average molecular weight is 462 g/mol. The standard InChI is InChI=1S/C28H31NO5/c1-28(2,3)34-27(31)29-24(26(30)32-4)18-20-14-16-22(17-15-20)23-12-8-9-13-25(23)33-19-21-10-6-5-7-11-21/h5-17,24H,18-19H2,1-4H3,(H,29,31)/t24-/m0/s1. The van der Waals surface area contributed by atoms with Gasteiger partial charge in [0.1, 0.15) is 24.0 Å². The second-order valence-corrected chi connectivity index (χ2v) is 8.89. The van der Waals surface area contributed by atoms with Gasteiger partial charge in [0, 0.05) is 12.0 Å². The van der Waals surface area contributed by atoms with Crippen LogP contribution in [0.5, 0.6) is 5.75 Å². The lowest BCUT2D eigenvalue weighted by molar-refractivity contribution is -0.143. The Morgan fingerprint density at radius 3 is 2.15 bits per heavy atom. The smallest absolute Gasteiger partial charge is 0.408 e. The highest BCUT2D eigenvalue weighted by molar-refractivity contribution is 5.81. The van der Waals surface area contributed by atoms with E-state index in [0.717, 1.165) is 28.0 Å². The molecule has 0 spiro atoms. The lowest BCUT2D eigenvalue weighted by atomic mass is 10.00. The van der Waals surface area contributed by atoms with Crippen LogP contribution in [0.1, 0.15) is 31.9 Å². The highest BCUT2D eigenvalue weighted by atomic mass is 16.6. The molecule has 0 saturated carbocycles.